The summed E-state index contributed by atoms with van der Waals surface area (Å²) in [7, 11) is 0. The number of rotatable bonds is 8. The molecule has 0 atom stereocenters. The number of nitro groups is 1. The number of hydrogen-bond acceptors (Lipinski definition) is 5. The van der Waals surface area contributed by atoms with Gasteiger partial charge in [0, 0.05) is 18.1 Å². The number of carbonyl (C=O) groups excluding carboxylic acids is 2. The lowest BCUT2D eigenvalue weighted by atomic mass is 10.1. The van der Waals surface area contributed by atoms with Gasteiger partial charge in [0.1, 0.15) is 5.02 Å². The highest BCUT2D eigenvalue weighted by molar-refractivity contribution is 6.32. The van der Waals surface area contributed by atoms with Crippen LogP contribution in [0.5, 0.6) is 0 Å². The van der Waals surface area contributed by atoms with Crippen molar-refractivity contribution in [1.29, 1.82) is 0 Å². The van der Waals surface area contributed by atoms with Crippen molar-refractivity contribution in [2.45, 2.75) is 32.6 Å². The maximum absolute atomic E-state index is 11.9. The molecule has 0 aliphatic rings. The van der Waals surface area contributed by atoms with Gasteiger partial charge in [-0.15, -0.1) is 0 Å². The van der Waals surface area contributed by atoms with Gasteiger partial charge in [0.15, 0.2) is 5.78 Å². The fourth-order valence-corrected chi connectivity index (χ4v) is 1.78. The Hall–Kier alpha value is -1.95. The van der Waals surface area contributed by atoms with Gasteiger partial charge in [-0.3, -0.25) is 19.7 Å². The lowest BCUT2D eigenvalue weighted by molar-refractivity contribution is -0.384. The summed E-state index contributed by atoms with van der Waals surface area (Å²) in [5, 5.41) is 10.7. The molecule has 0 unspecified atom stereocenters. The molecule has 0 saturated heterocycles. The lowest BCUT2D eigenvalue weighted by Gasteiger charge is -2.04. The van der Waals surface area contributed by atoms with Gasteiger partial charge in [-0.05, 0) is 18.6 Å². The second-order valence-electron chi connectivity index (χ2n) is 4.42. The molecule has 0 amide bonds. The molecular formula is C14H16ClNO5. The van der Waals surface area contributed by atoms with Crippen LogP contribution in [0.2, 0.25) is 5.02 Å². The van der Waals surface area contributed by atoms with E-state index in [-0.39, 0.29) is 34.9 Å². The van der Waals surface area contributed by atoms with Crippen LogP contribution in [0.3, 0.4) is 0 Å². The minimum atomic E-state index is -0.655. The third kappa shape index (κ3) is 5.51. The minimum Gasteiger partial charge on any atom is -0.466 e. The predicted octanol–water partition coefficient (Wildman–Crippen LogP) is 3.55. The maximum Gasteiger partial charge on any atom is 0.306 e. The molecule has 0 radical (unpaired) electrons. The molecule has 0 fully saturated rings. The molecule has 0 N–H and O–H groups in total. The lowest BCUT2D eigenvalue weighted by Crippen LogP contribution is -2.09. The SMILES string of the molecule is CCCCOC(=O)CCC(=O)c1ccc(Cl)c([N+](=O)[O-])c1. The van der Waals surface area contributed by atoms with Gasteiger partial charge in [0.05, 0.1) is 18.0 Å². The Morgan fingerprint density at radius 3 is 2.67 bits per heavy atom. The number of carbonyl (C=O) groups is 2. The van der Waals surface area contributed by atoms with Crippen LogP contribution in [0.15, 0.2) is 18.2 Å². The zero-order valence-electron chi connectivity index (χ0n) is 11.6. The van der Waals surface area contributed by atoms with Gasteiger partial charge in [-0.25, -0.2) is 0 Å². The molecule has 0 bridgehead atoms. The van der Waals surface area contributed by atoms with Crippen LogP contribution in [-0.4, -0.2) is 23.3 Å². The van der Waals surface area contributed by atoms with E-state index in [0.717, 1.165) is 18.9 Å². The highest BCUT2D eigenvalue weighted by atomic mass is 35.5. The Kier molecular flexibility index (Phi) is 6.81. The molecule has 0 aromatic heterocycles. The van der Waals surface area contributed by atoms with E-state index in [4.69, 9.17) is 16.3 Å². The monoisotopic (exact) mass is 313 g/mol. The minimum absolute atomic E-state index is 0.0319. The van der Waals surface area contributed by atoms with Crippen molar-refractivity contribution in [3.8, 4) is 0 Å². The Morgan fingerprint density at radius 2 is 2.05 bits per heavy atom. The van der Waals surface area contributed by atoms with Gasteiger partial charge in [0.2, 0.25) is 0 Å². The first-order chi connectivity index (χ1) is 9.95. The zero-order valence-corrected chi connectivity index (χ0v) is 12.4. The second-order valence-corrected chi connectivity index (χ2v) is 4.83. The van der Waals surface area contributed by atoms with Crippen LogP contribution < -0.4 is 0 Å². The quantitative estimate of drug-likeness (QED) is 0.241. The summed E-state index contributed by atoms with van der Waals surface area (Å²) in [4.78, 5) is 33.4. The second kappa shape index (κ2) is 8.36. The molecule has 7 heteroatoms. The van der Waals surface area contributed by atoms with E-state index in [0.29, 0.717) is 6.61 Å². The molecule has 0 spiro atoms. The standard InChI is InChI=1S/C14H16ClNO5/c1-2-3-8-21-14(18)7-6-13(17)10-4-5-11(15)12(9-10)16(19)20/h4-5,9H,2-3,6-8H2,1H3. The molecule has 1 aromatic rings. The van der Waals surface area contributed by atoms with Crippen molar-refractivity contribution in [3.63, 3.8) is 0 Å². The third-order valence-corrected chi connectivity index (χ3v) is 3.10. The zero-order chi connectivity index (χ0) is 15.8. The average molecular weight is 314 g/mol. The number of ether oxygens (including phenoxy) is 1. The Bertz CT molecular complexity index is 544. The van der Waals surface area contributed by atoms with Crippen LogP contribution in [0.25, 0.3) is 0 Å². The first-order valence-electron chi connectivity index (χ1n) is 6.58. The van der Waals surface area contributed by atoms with Crippen molar-refractivity contribution in [3.05, 3.63) is 38.9 Å². The number of esters is 1. The molecule has 114 valence electrons. The molecule has 0 aliphatic carbocycles. The molecular weight excluding hydrogens is 298 g/mol. The van der Waals surface area contributed by atoms with E-state index in [1.807, 2.05) is 6.92 Å². The summed E-state index contributed by atoms with van der Waals surface area (Å²) >= 11 is 5.67. The van der Waals surface area contributed by atoms with Crippen molar-refractivity contribution in [2.75, 3.05) is 6.61 Å². The van der Waals surface area contributed by atoms with Crippen LogP contribution in [-0.2, 0) is 9.53 Å². The largest absolute Gasteiger partial charge is 0.466 e. The molecule has 6 nitrogen and oxygen atoms in total. The topological polar surface area (TPSA) is 86.5 Å². The molecule has 1 aromatic carbocycles. The van der Waals surface area contributed by atoms with Gasteiger partial charge < -0.3 is 4.74 Å². The highest BCUT2D eigenvalue weighted by Gasteiger charge is 2.17. The van der Waals surface area contributed by atoms with E-state index in [1.54, 1.807) is 0 Å². The highest BCUT2D eigenvalue weighted by Crippen LogP contribution is 2.25. The van der Waals surface area contributed by atoms with Crippen molar-refractivity contribution >= 4 is 29.0 Å². The third-order valence-electron chi connectivity index (χ3n) is 2.78. The number of nitro benzene ring substituents is 1. The average Bonchev–Trinajstić information content (AvgIpc) is 2.45. The summed E-state index contributed by atoms with van der Waals surface area (Å²) in [6.07, 6.45) is 1.60. The van der Waals surface area contributed by atoms with Crippen molar-refractivity contribution in [1.82, 2.24) is 0 Å². The first kappa shape index (κ1) is 17.1. The molecule has 0 saturated carbocycles. The summed E-state index contributed by atoms with van der Waals surface area (Å²) in [6.45, 7) is 2.32. The molecule has 0 aliphatic heterocycles. The number of hydrogen-bond donors (Lipinski definition) is 0. The fourth-order valence-electron chi connectivity index (χ4n) is 1.59. The molecule has 1 rings (SSSR count). The van der Waals surface area contributed by atoms with Crippen LogP contribution in [0, 0.1) is 10.1 Å². The molecule has 21 heavy (non-hydrogen) atoms. The van der Waals surface area contributed by atoms with E-state index >= 15 is 0 Å². The van der Waals surface area contributed by atoms with Gasteiger partial charge in [0.25, 0.3) is 5.69 Å². The van der Waals surface area contributed by atoms with Gasteiger partial charge in [-0.2, -0.15) is 0 Å². The number of Topliss-reactive ketones (excluding diaryl/α,β-unsaturated/α-hetero) is 1. The predicted molar refractivity (Wildman–Crippen MR) is 77.5 cm³/mol. The van der Waals surface area contributed by atoms with Crippen molar-refractivity contribution in [2.24, 2.45) is 0 Å². The van der Waals surface area contributed by atoms with Crippen molar-refractivity contribution < 1.29 is 19.2 Å². The number of benzene rings is 1. The first-order valence-corrected chi connectivity index (χ1v) is 6.96. The Balaban J connectivity index is 2.58. The van der Waals surface area contributed by atoms with Crippen LogP contribution in [0.4, 0.5) is 5.69 Å². The van der Waals surface area contributed by atoms with Crippen LogP contribution in [0.1, 0.15) is 43.0 Å². The Morgan fingerprint density at radius 1 is 1.33 bits per heavy atom. The number of nitrogens with zero attached hydrogens (tertiary/aromatic N) is 1. The maximum atomic E-state index is 11.9. The van der Waals surface area contributed by atoms with E-state index in [2.05, 4.69) is 0 Å². The van der Waals surface area contributed by atoms with Gasteiger partial charge >= 0.3 is 5.97 Å². The molecule has 0 heterocycles. The normalized spacial score (nSPS) is 10.2. The number of unbranched alkanes of at least 4 members (excludes halogenated alkanes) is 1. The van der Waals surface area contributed by atoms with E-state index < -0.39 is 10.9 Å². The van der Waals surface area contributed by atoms with Gasteiger partial charge in [-0.1, -0.05) is 24.9 Å². The number of halogens is 1. The Labute approximate surface area is 127 Å². The summed E-state index contributed by atoms with van der Waals surface area (Å²) < 4.78 is 4.93. The van der Waals surface area contributed by atoms with E-state index in [1.165, 1.54) is 12.1 Å². The summed E-state index contributed by atoms with van der Waals surface area (Å²) in [6, 6.07) is 3.82. The number of ketones is 1. The van der Waals surface area contributed by atoms with E-state index in [9.17, 15) is 19.7 Å². The fraction of sp³-hybridized carbons (Fsp3) is 0.429. The summed E-state index contributed by atoms with van der Waals surface area (Å²) in [5.74, 6) is -0.803. The van der Waals surface area contributed by atoms with Crippen LogP contribution >= 0.6 is 11.6 Å². The summed E-state index contributed by atoms with van der Waals surface area (Å²) in [5.41, 5.74) is -0.166. The smallest absolute Gasteiger partial charge is 0.306 e.